The summed E-state index contributed by atoms with van der Waals surface area (Å²) in [7, 11) is 1.62. The molecule has 0 atom stereocenters. The highest BCUT2D eigenvalue weighted by Gasteiger charge is 2.06. The van der Waals surface area contributed by atoms with E-state index in [1.54, 1.807) is 43.6 Å². The summed E-state index contributed by atoms with van der Waals surface area (Å²) < 4.78 is 5.15. The maximum atomic E-state index is 12.2. The topological polar surface area (TPSA) is 63.2 Å². The fraction of sp³-hybridized carbons (Fsp3) is 0.0476. The average molecular weight is 380 g/mol. The molecular formula is C21H18ClN3O2. The molecule has 136 valence electrons. The summed E-state index contributed by atoms with van der Waals surface area (Å²) in [5.41, 5.74) is 2.30. The maximum Gasteiger partial charge on any atom is 0.248 e. The number of halogens is 1. The van der Waals surface area contributed by atoms with E-state index >= 15 is 0 Å². The molecule has 0 aliphatic rings. The van der Waals surface area contributed by atoms with Crippen LogP contribution in [0.5, 0.6) is 5.75 Å². The van der Waals surface area contributed by atoms with Crippen LogP contribution in [0.4, 0.5) is 17.2 Å². The highest BCUT2D eigenvalue weighted by molar-refractivity contribution is 6.30. The second-order valence-electron chi connectivity index (χ2n) is 5.63. The van der Waals surface area contributed by atoms with Crippen LogP contribution in [-0.2, 0) is 4.79 Å². The van der Waals surface area contributed by atoms with Gasteiger partial charge in [0.2, 0.25) is 5.91 Å². The zero-order valence-corrected chi connectivity index (χ0v) is 15.4. The molecule has 0 radical (unpaired) electrons. The number of nitrogens with zero attached hydrogens (tertiary/aromatic N) is 1. The van der Waals surface area contributed by atoms with Crippen LogP contribution in [0.3, 0.4) is 0 Å². The van der Waals surface area contributed by atoms with Crippen molar-refractivity contribution in [1.82, 2.24) is 4.98 Å². The molecule has 1 aromatic heterocycles. The van der Waals surface area contributed by atoms with E-state index in [2.05, 4.69) is 15.6 Å². The van der Waals surface area contributed by atoms with E-state index < -0.39 is 0 Å². The van der Waals surface area contributed by atoms with Crippen molar-refractivity contribution < 1.29 is 9.53 Å². The number of methoxy groups -OCH3 is 1. The Hall–Kier alpha value is -3.31. The third-order valence-corrected chi connectivity index (χ3v) is 3.97. The Bertz CT molecular complexity index is 938. The predicted molar refractivity (Wildman–Crippen MR) is 110 cm³/mol. The standard InChI is InChI=1S/C21H18ClN3O2/c1-27-18-11-9-17(10-12-18)24-21-19(3-2-14-23-21)25-20(26)13-6-15-4-7-16(22)8-5-15/h2-14H,1H3,(H,23,24)(H,25,26)/b13-6+. The summed E-state index contributed by atoms with van der Waals surface area (Å²) in [5, 5.41) is 6.68. The van der Waals surface area contributed by atoms with Crippen molar-refractivity contribution in [3.8, 4) is 5.75 Å². The first-order valence-corrected chi connectivity index (χ1v) is 8.62. The van der Waals surface area contributed by atoms with Crippen molar-refractivity contribution in [2.45, 2.75) is 0 Å². The molecule has 0 unspecified atom stereocenters. The molecule has 0 bridgehead atoms. The van der Waals surface area contributed by atoms with Gasteiger partial charge in [0.1, 0.15) is 5.75 Å². The molecule has 0 aliphatic carbocycles. The number of pyridine rings is 1. The van der Waals surface area contributed by atoms with Gasteiger partial charge in [0.25, 0.3) is 0 Å². The van der Waals surface area contributed by atoms with Gasteiger partial charge >= 0.3 is 0 Å². The van der Waals surface area contributed by atoms with Crippen LogP contribution in [0.15, 0.2) is 72.9 Å². The van der Waals surface area contributed by atoms with Crippen LogP contribution < -0.4 is 15.4 Å². The highest BCUT2D eigenvalue weighted by Crippen LogP contribution is 2.24. The molecule has 0 spiro atoms. The predicted octanol–water partition coefficient (Wildman–Crippen LogP) is 5.14. The number of hydrogen-bond acceptors (Lipinski definition) is 4. The van der Waals surface area contributed by atoms with Gasteiger partial charge in [0, 0.05) is 23.0 Å². The van der Waals surface area contributed by atoms with E-state index in [0.29, 0.717) is 16.5 Å². The number of rotatable bonds is 6. The summed E-state index contributed by atoms with van der Waals surface area (Å²) in [5.74, 6) is 1.06. The molecule has 5 nitrogen and oxygen atoms in total. The SMILES string of the molecule is COc1ccc(Nc2ncccc2NC(=O)/C=C/c2ccc(Cl)cc2)cc1. The summed E-state index contributed by atoms with van der Waals surface area (Å²) >= 11 is 5.86. The van der Waals surface area contributed by atoms with Gasteiger partial charge in [0.05, 0.1) is 12.8 Å². The number of aromatic nitrogens is 1. The molecule has 6 heteroatoms. The van der Waals surface area contributed by atoms with E-state index in [1.165, 1.54) is 6.08 Å². The second-order valence-corrected chi connectivity index (χ2v) is 6.06. The van der Waals surface area contributed by atoms with Crippen LogP contribution in [0.2, 0.25) is 5.02 Å². The first-order chi connectivity index (χ1) is 13.1. The van der Waals surface area contributed by atoms with Crippen LogP contribution in [0.25, 0.3) is 6.08 Å². The lowest BCUT2D eigenvalue weighted by molar-refractivity contribution is -0.111. The molecule has 1 heterocycles. The Morgan fingerprint density at radius 3 is 2.52 bits per heavy atom. The Kier molecular flexibility index (Phi) is 6.07. The maximum absolute atomic E-state index is 12.2. The van der Waals surface area contributed by atoms with Crippen molar-refractivity contribution in [2.24, 2.45) is 0 Å². The number of carbonyl (C=O) groups is 1. The van der Waals surface area contributed by atoms with Crippen molar-refractivity contribution in [3.05, 3.63) is 83.5 Å². The summed E-state index contributed by atoms with van der Waals surface area (Å²) in [6, 6.07) is 18.2. The summed E-state index contributed by atoms with van der Waals surface area (Å²) in [4.78, 5) is 16.5. The molecule has 27 heavy (non-hydrogen) atoms. The molecular weight excluding hydrogens is 362 g/mol. The zero-order valence-electron chi connectivity index (χ0n) is 14.6. The molecule has 0 fully saturated rings. The molecule has 3 rings (SSSR count). The number of anilines is 3. The largest absolute Gasteiger partial charge is 0.497 e. The Labute approximate surface area is 162 Å². The Morgan fingerprint density at radius 1 is 1.07 bits per heavy atom. The van der Waals surface area contributed by atoms with Crippen LogP contribution in [-0.4, -0.2) is 18.0 Å². The van der Waals surface area contributed by atoms with Gasteiger partial charge in [-0.2, -0.15) is 0 Å². The van der Waals surface area contributed by atoms with Crippen molar-refractivity contribution in [2.75, 3.05) is 17.7 Å². The molecule has 0 aliphatic heterocycles. The van der Waals surface area contributed by atoms with E-state index in [4.69, 9.17) is 16.3 Å². The number of amides is 1. The number of ether oxygens (including phenoxy) is 1. The minimum absolute atomic E-state index is 0.254. The second kappa shape index (κ2) is 8.87. The normalized spacial score (nSPS) is 10.6. The third-order valence-electron chi connectivity index (χ3n) is 3.72. The van der Waals surface area contributed by atoms with Crippen LogP contribution >= 0.6 is 11.6 Å². The fourth-order valence-corrected chi connectivity index (χ4v) is 2.46. The zero-order chi connectivity index (χ0) is 19.1. The van der Waals surface area contributed by atoms with E-state index in [0.717, 1.165) is 17.0 Å². The monoisotopic (exact) mass is 379 g/mol. The molecule has 1 amide bonds. The molecule has 3 aromatic rings. The Morgan fingerprint density at radius 2 is 1.81 bits per heavy atom. The first-order valence-electron chi connectivity index (χ1n) is 8.25. The lowest BCUT2D eigenvalue weighted by Crippen LogP contribution is -2.10. The molecule has 0 saturated heterocycles. The van der Waals surface area contributed by atoms with Crippen LogP contribution in [0, 0.1) is 0 Å². The van der Waals surface area contributed by atoms with Gasteiger partial charge in [-0.3, -0.25) is 4.79 Å². The van der Waals surface area contributed by atoms with Gasteiger partial charge in [-0.15, -0.1) is 0 Å². The van der Waals surface area contributed by atoms with Crippen molar-refractivity contribution in [3.63, 3.8) is 0 Å². The Balaban J connectivity index is 1.69. The minimum atomic E-state index is -0.254. The highest BCUT2D eigenvalue weighted by atomic mass is 35.5. The summed E-state index contributed by atoms with van der Waals surface area (Å²) in [6.07, 6.45) is 4.84. The van der Waals surface area contributed by atoms with Gasteiger partial charge in [-0.05, 0) is 60.2 Å². The molecule has 2 N–H and O–H groups in total. The molecule has 0 saturated carbocycles. The van der Waals surface area contributed by atoms with E-state index in [1.807, 2.05) is 36.4 Å². The average Bonchev–Trinajstić information content (AvgIpc) is 2.70. The number of hydrogen-bond donors (Lipinski definition) is 2. The lowest BCUT2D eigenvalue weighted by Gasteiger charge is -2.11. The summed E-state index contributed by atoms with van der Waals surface area (Å²) in [6.45, 7) is 0. The number of carbonyl (C=O) groups excluding carboxylic acids is 1. The number of nitrogens with one attached hydrogen (secondary N) is 2. The van der Waals surface area contributed by atoms with Gasteiger partial charge < -0.3 is 15.4 Å². The smallest absolute Gasteiger partial charge is 0.248 e. The third kappa shape index (κ3) is 5.33. The minimum Gasteiger partial charge on any atom is -0.497 e. The van der Waals surface area contributed by atoms with E-state index in [-0.39, 0.29) is 5.91 Å². The van der Waals surface area contributed by atoms with Crippen molar-refractivity contribution in [1.29, 1.82) is 0 Å². The van der Waals surface area contributed by atoms with Gasteiger partial charge in [-0.25, -0.2) is 4.98 Å². The van der Waals surface area contributed by atoms with Gasteiger partial charge in [-0.1, -0.05) is 23.7 Å². The quantitative estimate of drug-likeness (QED) is 0.582. The lowest BCUT2D eigenvalue weighted by atomic mass is 10.2. The van der Waals surface area contributed by atoms with E-state index in [9.17, 15) is 4.79 Å². The first kappa shape index (κ1) is 18.5. The fourth-order valence-electron chi connectivity index (χ4n) is 2.34. The molecule has 2 aromatic carbocycles. The number of benzene rings is 2. The van der Waals surface area contributed by atoms with Crippen molar-refractivity contribution >= 4 is 40.8 Å². The van der Waals surface area contributed by atoms with Crippen LogP contribution in [0.1, 0.15) is 5.56 Å². The van der Waals surface area contributed by atoms with Gasteiger partial charge in [0.15, 0.2) is 5.82 Å².